The molecule has 1 unspecified atom stereocenters. The molecule has 9 nitrogen and oxygen atoms in total. The second-order valence-electron chi connectivity index (χ2n) is 13.5. The molecular formula is C35H65NO8P-. The molecule has 2 aliphatic rings. The van der Waals surface area contributed by atoms with Gasteiger partial charge in [0.1, 0.15) is 6.61 Å². The number of unbranched alkanes of at least 4 members (excludes halogenated alkanes) is 16. The first-order valence-electron chi connectivity index (χ1n) is 18.5. The van der Waals surface area contributed by atoms with Crippen molar-refractivity contribution in [2.45, 2.75) is 173 Å². The molecule has 2 saturated carbocycles. The van der Waals surface area contributed by atoms with E-state index in [1.54, 1.807) is 0 Å². The maximum atomic E-state index is 12.5. The maximum absolute atomic E-state index is 12.5. The lowest BCUT2D eigenvalue weighted by Crippen LogP contribution is -2.30. The van der Waals surface area contributed by atoms with Crippen molar-refractivity contribution in [2.24, 2.45) is 17.6 Å². The van der Waals surface area contributed by atoms with Gasteiger partial charge in [-0.3, -0.25) is 14.2 Å². The minimum absolute atomic E-state index is 0.0202. The molecule has 0 saturated heterocycles. The van der Waals surface area contributed by atoms with Crippen molar-refractivity contribution < 1.29 is 37.6 Å². The molecule has 0 radical (unpaired) electrons. The Morgan fingerprint density at radius 3 is 1.49 bits per heavy atom. The van der Waals surface area contributed by atoms with Gasteiger partial charge in [0, 0.05) is 19.4 Å². The molecule has 45 heavy (non-hydrogen) atoms. The van der Waals surface area contributed by atoms with Crippen LogP contribution in [0.1, 0.15) is 167 Å². The average Bonchev–Trinajstić information content (AvgIpc) is 3.95. The van der Waals surface area contributed by atoms with Crippen LogP contribution in [-0.2, 0) is 32.7 Å². The monoisotopic (exact) mass is 658 g/mol. The van der Waals surface area contributed by atoms with Gasteiger partial charge in [-0.05, 0) is 24.7 Å². The highest BCUT2D eigenvalue weighted by atomic mass is 31.2. The Bertz CT molecular complexity index is 805. The highest BCUT2D eigenvalue weighted by Crippen LogP contribution is 2.38. The zero-order chi connectivity index (χ0) is 32.4. The Labute approximate surface area is 274 Å². The third kappa shape index (κ3) is 25.7. The van der Waals surface area contributed by atoms with Crippen LogP contribution in [0, 0.1) is 11.8 Å². The van der Waals surface area contributed by atoms with E-state index < -0.39 is 26.5 Å². The smallest absolute Gasteiger partial charge is 0.306 e. The molecule has 0 aromatic heterocycles. The number of carbonyl (C=O) groups excluding carboxylic acids is 2. The van der Waals surface area contributed by atoms with Gasteiger partial charge in [-0.15, -0.1) is 0 Å². The Kier molecular flexibility index (Phi) is 23.2. The topological polar surface area (TPSA) is 137 Å². The van der Waals surface area contributed by atoms with Crippen LogP contribution >= 0.6 is 7.82 Å². The van der Waals surface area contributed by atoms with Crippen LogP contribution in [0.3, 0.4) is 0 Å². The van der Waals surface area contributed by atoms with Crippen LogP contribution in [-0.4, -0.2) is 44.4 Å². The maximum Gasteiger partial charge on any atom is 0.306 e. The second kappa shape index (κ2) is 26.0. The number of ether oxygens (including phenoxy) is 2. The van der Waals surface area contributed by atoms with Crippen LogP contribution in [0.25, 0.3) is 0 Å². The van der Waals surface area contributed by atoms with Gasteiger partial charge in [-0.2, -0.15) is 0 Å². The molecular weight excluding hydrogens is 593 g/mol. The molecule has 10 heteroatoms. The summed E-state index contributed by atoms with van der Waals surface area (Å²) in [7, 11) is -4.60. The number of phosphoric acid groups is 1. The molecule has 2 N–H and O–H groups in total. The molecule has 0 aromatic carbocycles. The van der Waals surface area contributed by atoms with Crippen LogP contribution in [0.4, 0.5) is 0 Å². The van der Waals surface area contributed by atoms with Crippen molar-refractivity contribution in [3.63, 3.8) is 0 Å². The Morgan fingerprint density at radius 2 is 1.04 bits per heavy atom. The fourth-order valence-corrected chi connectivity index (χ4v) is 6.44. The van der Waals surface area contributed by atoms with Crippen LogP contribution in [0.5, 0.6) is 0 Å². The summed E-state index contributed by atoms with van der Waals surface area (Å²) >= 11 is 0. The van der Waals surface area contributed by atoms with E-state index in [4.69, 9.17) is 19.7 Å². The molecule has 0 heterocycles. The summed E-state index contributed by atoms with van der Waals surface area (Å²) in [4.78, 5) is 36.7. The van der Waals surface area contributed by atoms with Crippen LogP contribution in [0.2, 0.25) is 0 Å². The van der Waals surface area contributed by atoms with Gasteiger partial charge >= 0.3 is 11.9 Å². The first-order valence-corrected chi connectivity index (χ1v) is 20.0. The lowest BCUT2D eigenvalue weighted by Gasteiger charge is -2.25. The molecule has 2 aliphatic carbocycles. The Balaban J connectivity index is 1.52. The minimum atomic E-state index is -4.60. The summed E-state index contributed by atoms with van der Waals surface area (Å²) in [6, 6.07) is 0. The number of carbonyl (C=O) groups is 2. The summed E-state index contributed by atoms with van der Waals surface area (Å²) in [5, 5.41) is 0. The molecule has 2 fully saturated rings. The molecule has 0 spiro atoms. The predicted octanol–water partition coefficient (Wildman–Crippen LogP) is 8.30. The summed E-state index contributed by atoms with van der Waals surface area (Å²) in [5.41, 5.74) is 5.30. The van der Waals surface area contributed by atoms with Crippen molar-refractivity contribution in [3.8, 4) is 0 Å². The van der Waals surface area contributed by atoms with Crippen molar-refractivity contribution in [1.29, 1.82) is 0 Å². The van der Waals surface area contributed by atoms with Gasteiger partial charge < -0.3 is 29.1 Å². The number of hydrogen-bond donors (Lipinski definition) is 1. The van der Waals surface area contributed by atoms with E-state index in [1.165, 1.54) is 116 Å². The number of rotatable bonds is 33. The minimum Gasteiger partial charge on any atom is -0.756 e. The lowest BCUT2D eigenvalue weighted by molar-refractivity contribution is -0.228. The summed E-state index contributed by atoms with van der Waals surface area (Å²) in [6.07, 6.45) is 29.2. The Morgan fingerprint density at radius 1 is 0.622 bits per heavy atom. The van der Waals surface area contributed by atoms with E-state index in [9.17, 15) is 19.0 Å². The average molecular weight is 659 g/mol. The van der Waals surface area contributed by atoms with Crippen molar-refractivity contribution >= 4 is 19.8 Å². The number of esters is 2. The summed E-state index contributed by atoms with van der Waals surface area (Å²) in [5.74, 6) is 1.23. The number of nitrogens with two attached hydrogens (primary N) is 1. The molecule has 0 bridgehead atoms. The summed E-state index contributed by atoms with van der Waals surface area (Å²) in [6.45, 7) is -0.929. The fourth-order valence-electron chi connectivity index (χ4n) is 5.69. The van der Waals surface area contributed by atoms with Gasteiger partial charge in [-0.25, -0.2) is 0 Å². The van der Waals surface area contributed by atoms with E-state index in [1.807, 2.05) is 0 Å². The highest BCUT2D eigenvalue weighted by molar-refractivity contribution is 7.45. The molecule has 2 rings (SSSR count). The number of hydrogen-bond acceptors (Lipinski definition) is 9. The zero-order valence-electron chi connectivity index (χ0n) is 28.2. The first-order chi connectivity index (χ1) is 21.9. The highest BCUT2D eigenvalue weighted by Gasteiger charge is 2.22. The van der Waals surface area contributed by atoms with Gasteiger partial charge in [0.15, 0.2) is 6.10 Å². The summed E-state index contributed by atoms with van der Waals surface area (Å²) < 4.78 is 32.2. The van der Waals surface area contributed by atoms with Crippen molar-refractivity contribution in [3.05, 3.63) is 0 Å². The van der Waals surface area contributed by atoms with Crippen molar-refractivity contribution in [2.75, 3.05) is 26.4 Å². The predicted molar refractivity (Wildman–Crippen MR) is 176 cm³/mol. The van der Waals surface area contributed by atoms with E-state index in [2.05, 4.69) is 4.52 Å². The largest absolute Gasteiger partial charge is 0.756 e. The number of phosphoric ester groups is 1. The molecule has 264 valence electrons. The van der Waals surface area contributed by atoms with Crippen LogP contribution < -0.4 is 10.6 Å². The lowest BCUT2D eigenvalue weighted by atomic mass is 10.0. The van der Waals surface area contributed by atoms with E-state index in [0.29, 0.717) is 6.42 Å². The Hall–Kier alpha value is -0.990. The third-order valence-electron chi connectivity index (χ3n) is 8.89. The van der Waals surface area contributed by atoms with E-state index >= 15 is 0 Å². The molecule has 0 amide bonds. The van der Waals surface area contributed by atoms with Crippen LogP contribution in [0.15, 0.2) is 0 Å². The second-order valence-corrected chi connectivity index (χ2v) is 14.9. The normalized spacial score (nSPS) is 16.8. The van der Waals surface area contributed by atoms with Gasteiger partial charge in [0.25, 0.3) is 7.82 Å². The molecule has 2 atom stereocenters. The standard InChI is InChI=1S/C35H66NO8P/c36-27-28-42-45(39,40)43-30-33(44-35(38)22-18-14-10-6-2-4-8-12-16-20-32-25-26-32)29-41-34(37)21-17-13-9-5-1-3-7-11-15-19-31-23-24-31/h31-33H,1-30,36H2,(H,39,40)/p-1/t33-/m0/s1. The molecule has 0 aromatic rings. The quantitative estimate of drug-likeness (QED) is 0.0419. The first kappa shape index (κ1) is 40.2. The third-order valence-corrected chi connectivity index (χ3v) is 9.86. The van der Waals surface area contributed by atoms with E-state index in [0.717, 1.165) is 43.9 Å². The fraction of sp³-hybridized carbons (Fsp3) is 0.943. The molecule has 0 aliphatic heterocycles. The van der Waals surface area contributed by atoms with Gasteiger partial charge in [-0.1, -0.05) is 141 Å². The van der Waals surface area contributed by atoms with Gasteiger partial charge in [0.05, 0.1) is 13.2 Å². The van der Waals surface area contributed by atoms with E-state index in [-0.39, 0.29) is 38.6 Å². The van der Waals surface area contributed by atoms with Gasteiger partial charge in [0.2, 0.25) is 0 Å². The zero-order valence-corrected chi connectivity index (χ0v) is 29.1. The van der Waals surface area contributed by atoms with Crippen molar-refractivity contribution in [1.82, 2.24) is 0 Å². The SMILES string of the molecule is NCCOP(=O)([O-])OC[C@H](COC(=O)CCCCCCCCCCCC1CC1)OC(=O)CCCCCCCCCCCC1CC1.